The number of likely N-dealkylation sites (N-methyl/N-ethyl adjacent to an activating group) is 1. The summed E-state index contributed by atoms with van der Waals surface area (Å²) in [6, 6.07) is 6.75. The van der Waals surface area contributed by atoms with Crippen LogP contribution >= 0.6 is 0 Å². The van der Waals surface area contributed by atoms with E-state index in [1.165, 1.54) is 6.07 Å². The normalized spacial score (nSPS) is 19.1. The van der Waals surface area contributed by atoms with Crippen LogP contribution in [0.4, 0.5) is 4.39 Å². The summed E-state index contributed by atoms with van der Waals surface area (Å²) in [5.41, 5.74) is 6.93. The van der Waals surface area contributed by atoms with Crippen LogP contribution < -0.4 is 5.73 Å². The van der Waals surface area contributed by atoms with Crippen molar-refractivity contribution >= 4 is 0 Å². The summed E-state index contributed by atoms with van der Waals surface area (Å²) in [7, 11) is 2.06. The first-order valence-electron chi connectivity index (χ1n) is 6.40. The van der Waals surface area contributed by atoms with Crippen LogP contribution in [0.15, 0.2) is 24.3 Å². The maximum atomic E-state index is 13.2. The Morgan fingerprint density at radius 2 is 2.11 bits per heavy atom. The van der Waals surface area contributed by atoms with Gasteiger partial charge in [0.25, 0.3) is 0 Å². The molecule has 1 aromatic rings. The van der Waals surface area contributed by atoms with Crippen molar-refractivity contribution in [1.82, 2.24) is 4.90 Å². The molecule has 100 valence electrons. The fourth-order valence-corrected chi connectivity index (χ4v) is 2.57. The lowest BCUT2D eigenvalue weighted by atomic mass is 9.88. The summed E-state index contributed by atoms with van der Waals surface area (Å²) in [5, 5.41) is 0. The molecule has 1 fully saturated rings. The van der Waals surface area contributed by atoms with Crippen LogP contribution in [-0.2, 0) is 11.3 Å². The Balaban J connectivity index is 2.07. The maximum Gasteiger partial charge on any atom is 0.123 e. The second-order valence-electron chi connectivity index (χ2n) is 5.03. The molecule has 1 aliphatic rings. The van der Waals surface area contributed by atoms with Gasteiger partial charge in [0.1, 0.15) is 5.82 Å². The number of ether oxygens (including phenoxy) is 1. The molecule has 0 unspecified atom stereocenters. The van der Waals surface area contributed by atoms with E-state index in [1.54, 1.807) is 12.1 Å². The van der Waals surface area contributed by atoms with E-state index in [2.05, 4.69) is 11.9 Å². The number of hydrogen-bond acceptors (Lipinski definition) is 3. The smallest absolute Gasteiger partial charge is 0.123 e. The summed E-state index contributed by atoms with van der Waals surface area (Å²) in [5.74, 6) is -0.185. The highest BCUT2D eigenvalue weighted by molar-refractivity contribution is 5.16. The average molecular weight is 252 g/mol. The number of hydrogen-bond donors (Lipinski definition) is 1. The maximum absolute atomic E-state index is 13.2. The van der Waals surface area contributed by atoms with E-state index >= 15 is 0 Å². The SMILES string of the molecule is CN(Cc1cccc(F)c1)C1(CN)CCOCC1. The summed E-state index contributed by atoms with van der Waals surface area (Å²) in [6.07, 6.45) is 1.88. The molecular weight excluding hydrogens is 231 g/mol. The molecule has 0 radical (unpaired) electrons. The minimum atomic E-state index is -0.185. The molecule has 0 amide bonds. The minimum Gasteiger partial charge on any atom is -0.381 e. The molecule has 1 aliphatic heterocycles. The predicted molar refractivity (Wildman–Crippen MR) is 69.7 cm³/mol. The Morgan fingerprint density at radius 1 is 1.39 bits per heavy atom. The van der Waals surface area contributed by atoms with Gasteiger partial charge in [-0.25, -0.2) is 4.39 Å². The Kier molecular flexibility index (Phi) is 4.32. The molecule has 0 atom stereocenters. The van der Waals surface area contributed by atoms with Gasteiger partial charge in [-0.05, 0) is 37.6 Å². The van der Waals surface area contributed by atoms with Crippen molar-refractivity contribution in [1.29, 1.82) is 0 Å². The van der Waals surface area contributed by atoms with Gasteiger partial charge in [-0.2, -0.15) is 0 Å². The number of nitrogens with two attached hydrogens (primary N) is 1. The molecule has 0 saturated carbocycles. The quantitative estimate of drug-likeness (QED) is 0.887. The summed E-state index contributed by atoms with van der Waals surface area (Å²) in [4.78, 5) is 2.24. The third kappa shape index (κ3) is 2.88. The van der Waals surface area contributed by atoms with Crippen molar-refractivity contribution in [3.63, 3.8) is 0 Å². The highest BCUT2D eigenvalue weighted by Crippen LogP contribution is 2.27. The van der Waals surface area contributed by atoms with Gasteiger partial charge < -0.3 is 10.5 Å². The summed E-state index contributed by atoms with van der Waals surface area (Å²) >= 11 is 0. The van der Waals surface area contributed by atoms with Crippen LogP contribution in [0.5, 0.6) is 0 Å². The fraction of sp³-hybridized carbons (Fsp3) is 0.571. The lowest BCUT2D eigenvalue weighted by molar-refractivity contribution is -0.0163. The number of halogens is 1. The van der Waals surface area contributed by atoms with Crippen molar-refractivity contribution in [2.45, 2.75) is 24.9 Å². The standard InChI is InChI=1S/C14H21FN2O/c1-17(10-12-3-2-4-13(15)9-12)14(11-16)5-7-18-8-6-14/h2-4,9H,5-8,10-11,16H2,1H3. The second-order valence-corrected chi connectivity index (χ2v) is 5.03. The molecular formula is C14H21FN2O. The van der Waals surface area contributed by atoms with Gasteiger partial charge in [0, 0.05) is 31.8 Å². The molecule has 1 saturated heterocycles. The van der Waals surface area contributed by atoms with E-state index < -0.39 is 0 Å². The van der Waals surface area contributed by atoms with E-state index in [1.807, 2.05) is 6.07 Å². The zero-order valence-electron chi connectivity index (χ0n) is 10.9. The number of benzene rings is 1. The highest BCUT2D eigenvalue weighted by atomic mass is 19.1. The molecule has 1 aromatic carbocycles. The summed E-state index contributed by atoms with van der Waals surface area (Å²) in [6.45, 7) is 2.84. The predicted octanol–water partition coefficient (Wildman–Crippen LogP) is 1.77. The van der Waals surface area contributed by atoms with E-state index in [0.29, 0.717) is 6.54 Å². The molecule has 0 aromatic heterocycles. The van der Waals surface area contributed by atoms with Gasteiger partial charge in [-0.1, -0.05) is 12.1 Å². The molecule has 18 heavy (non-hydrogen) atoms. The van der Waals surface area contributed by atoms with E-state index in [0.717, 1.165) is 38.2 Å². The van der Waals surface area contributed by atoms with Crippen LogP contribution in [0.25, 0.3) is 0 Å². The molecule has 2 rings (SSSR count). The Labute approximate surface area is 108 Å². The fourth-order valence-electron chi connectivity index (χ4n) is 2.57. The lowest BCUT2D eigenvalue weighted by Crippen LogP contribution is -2.54. The molecule has 0 aliphatic carbocycles. The average Bonchev–Trinajstić information content (AvgIpc) is 2.39. The first-order chi connectivity index (χ1) is 8.66. The zero-order chi connectivity index (χ0) is 13.0. The molecule has 4 heteroatoms. The minimum absolute atomic E-state index is 0.00936. The second kappa shape index (κ2) is 5.78. The molecule has 3 nitrogen and oxygen atoms in total. The van der Waals surface area contributed by atoms with Gasteiger partial charge in [-0.3, -0.25) is 4.90 Å². The first kappa shape index (κ1) is 13.5. The third-order valence-electron chi connectivity index (χ3n) is 3.92. The Morgan fingerprint density at radius 3 is 2.72 bits per heavy atom. The molecule has 1 heterocycles. The third-order valence-corrected chi connectivity index (χ3v) is 3.92. The Bertz CT molecular complexity index is 391. The number of rotatable bonds is 4. The van der Waals surface area contributed by atoms with Crippen LogP contribution in [0, 0.1) is 5.82 Å². The highest BCUT2D eigenvalue weighted by Gasteiger charge is 2.35. The molecule has 0 spiro atoms. The lowest BCUT2D eigenvalue weighted by Gasteiger charge is -2.44. The Hall–Kier alpha value is -0.970. The van der Waals surface area contributed by atoms with E-state index in [-0.39, 0.29) is 11.4 Å². The van der Waals surface area contributed by atoms with Gasteiger partial charge in [0.05, 0.1) is 0 Å². The number of nitrogens with zero attached hydrogens (tertiary/aromatic N) is 1. The van der Waals surface area contributed by atoms with E-state index in [9.17, 15) is 4.39 Å². The van der Waals surface area contributed by atoms with Crippen LogP contribution in [0.2, 0.25) is 0 Å². The van der Waals surface area contributed by atoms with Crippen LogP contribution in [0.3, 0.4) is 0 Å². The van der Waals surface area contributed by atoms with E-state index in [4.69, 9.17) is 10.5 Å². The van der Waals surface area contributed by atoms with Crippen molar-refractivity contribution in [2.75, 3.05) is 26.8 Å². The van der Waals surface area contributed by atoms with Crippen LogP contribution in [-0.4, -0.2) is 37.2 Å². The molecule has 0 bridgehead atoms. The van der Waals surface area contributed by atoms with Crippen molar-refractivity contribution in [3.8, 4) is 0 Å². The van der Waals surface area contributed by atoms with Crippen molar-refractivity contribution < 1.29 is 9.13 Å². The van der Waals surface area contributed by atoms with Crippen molar-refractivity contribution in [3.05, 3.63) is 35.6 Å². The van der Waals surface area contributed by atoms with Gasteiger partial charge in [0.15, 0.2) is 0 Å². The van der Waals surface area contributed by atoms with Crippen molar-refractivity contribution in [2.24, 2.45) is 5.73 Å². The molecule has 2 N–H and O–H groups in total. The van der Waals surface area contributed by atoms with Gasteiger partial charge in [-0.15, -0.1) is 0 Å². The van der Waals surface area contributed by atoms with Gasteiger partial charge >= 0.3 is 0 Å². The van der Waals surface area contributed by atoms with Gasteiger partial charge in [0.2, 0.25) is 0 Å². The topological polar surface area (TPSA) is 38.5 Å². The van der Waals surface area contributed by atoms with Crippen LogP contribution in [0.1, 0.15) is 18.4 Å². The largest absolute Gasteiger partial charge is 0.381 e. The summed E-state index contributed by atoms with van der Waals surface area (Å²) < 4.78 is 18.6. The first-order valence-corrected chi connectivity index (χ1v) is 6.40. The monoisotopic (exact) mass is 252 g/mol. The zero-order valence-corrected chi connectivity index (χ0v) is 10.9.